The molecule has 30 heavy (non-hydrogen) atoms. The lowest BCUT2D eigenvalue weighted by atomic mass is 10.1. The van der Waals surface area contributed by atoms with Crippen LogP contribution in [0.5, 0.6) is 0 Å². The number of nitrogens with zero attached hydrogens (tertiary/aromatic N) is 4. The number of hydrogen-bond donors (Lipinski definition) is 0. The first-order valence-electron chi connectivity index (χ1n) is 10.0. The van der Waals surface area contributed by atoms with Gasteiger partial charge in [0.25, 0.3) is 5.91 Å². The van der Waals surface area contributed by atoms with E-state index in [1.807, 2.05) is 50.2 Å². The molecule has 0 unspecified atom stereocenters. The van der Waals surface area contributed by atoms with Crippen molar-refractivity contribution in [2.24, 2.45) is 0 Å². The van der Waals surface area contributed by atoms with Gasteiger partial charge in [-0.25, -0.2) is 0 Å². The maximum absolute atomic E-state index is 12.5. The van der Waals surface area contributed by atoms with Crippen molar-refractivity contribution in [3.63, 3.8) is 0 Å². The van der Waals surface area contributed by atoms with Crippen LogP contribution >= 0.6 is 0 Å². The molecule has 3 aromatic rings. The number of Topliss-reactive ketones (excluding diaryl/α,β-unsaturated/α-hetero) is 1. The molecule has 7 nitrogen and oxygen atoms in total. The maximum atomic E-state index is 12.5. The highest BCUT2D eigenvalue weighted by Gasteiger charge is 2.27. The number of piperazine rings is 1. The van der Waals surface area contributed by atoms with Crippen molar-refractivity contribution < 1.29 is 14.1 Å². The number of benzene rings is 2. The summed E-state index contributed by atoms with van der Waals surface area (Å²) in [6, 6.07) is 15.1. The Labute approximate surface area is 175 Å². The number of ketones is 1. The summed E-state index contributed by atoms with van der Waals surface area (Å²) in [6.07, 6.45) is 0. The summed E-state index contributed by atoms with van der Waals surface area (Å²) in [5, 5.41) is 4.07. The minimum atomic E-state index is -0.455. The number of carbonyl (C=O) groups excluding carboxylic acids is 2. The molecule has 0 atom stereocenters. The lowest BCUT2D eigenvalue weighted by Crippen LogP contribution is -2.50. The minimum absolute atomic E-state index is 0.433. The summed E-state index contributed by atoms with van der Waals surface area (Å²) in [6.45, 7) is 6.79. The molecule has 0 spiro atoms. The number of hydrogen-bond acceptors (Lipinski definition) is 6. The van der Waals surface area contributed by atoms with Crippen LogP contribution in [0.15, 0.2) is 53.1 Å². The molecular formula is C23H24N4O3. The third-order valence-electron chi connectivity index (χ3n) is 5.30. The summed E-state index contributed by atoms with van der Waals surface area (Å²) in [5.41, 5.74) is 3.58. The first-order valence-corrected chi connectivity index (χ1v) is 10.0. The van der Waals surface area contributed by atoms with Crippen LogP contribution < -0.4 is 0 Å². The monoisotopic (exact) mass is 404 g/mol. The van der Waals surface area contributed by atoms with Crippen LogP contribution in [-0.4, -0.2) is 57.8 Å². The second-order valence-corrected chi connectivity index (χ2v) is 7.64. The van der Waals surface area contributed by atoms with Gasteiger partial charge in [0.2, 0.25) is 17.5 Å². The second-order valence-electron chi connectivity index (χ2n) is 7.64. The van der Waals surface area contributed by atoms with Crippen LogP contribution in [0.4, 0.5) is 0 Å². The third kappa shape index (κ3) is 4.46. The lowest BCUT2D eigenvalue weighted by Gasteiger charge is -2.33. The van der Waals surface area contributed by atoms with Crippen molar-refractivity contribution in [2.75, 3.05) is 26.2 Å². The Bertz CT molecular complexity index is 1030. The molecule has 7 heteroatoms. The maximum Gasteiger partial charge on any atom is 0.295 e. The Hall–Kier alpha value is -3.32. The summed E-state index contributed by atoms with van der Waals surface area (Å²) in [7, 11) is 0. The molecular weight excluding hydrogens is 380 g/mol. The molecule has 1 fully saturated rings. The number of amides is 1. The van der Waals surface area contributed by atoms with E-state index in [4.69, 9.17) is 4.52 Å². The first kappa shape index (κ1) is 20.0. The number of carbonyl (C=O) groups is 2. The smallest absolute Gasteiger partial charge is 0.295 e. The molecule has 1 aliphatic rings. The second kappa shape index (κ2) is 8.59. The van der Waals surface area contributed by atoms with Gasteiger partial charge in [-0.1, -0.05) is 64.8 Å². The fraction of sp³-hybridized carbons (Fsp3) is 0.304. The minimum Gasteiger partial charge on any atom is -0.338 e. The molecule has 4 rings (SSSR count). The molecule has 1 aliphatic heterocycles. The van der Waals surface area contributed by atoms with Crippen molar-refractivity contribution in [3.8, 4) is 11.4 Å². The van der Waals surface area contributed by atoms with E-state index in [-0.39, 0.29) is 0 Å². The van der Waals surface area contributed by atoms with Crippen LogP contribution in [0, 0.1) is 13.8 Å². The average Bonchev–Trinajstić information content (AvgIpc) is 3.23. The van der Waals surface area contributed by atoms with Crippen molar-refractivity contribution in [3.05, 3.63) is 71.1 Å². The van der Waals surface area contributed by atoms with E-state index >= 15 is 0 Å². The van der Waals surface area contributed by atoms with Gasteiger partial charge in [-0.2, -0.15) is 4.98 Å². The topological polar surface area (TPSA) is 79.5 Å². The molecule has 2 heterocycles. The molecule has 154 valence electrons. The Balaban J connectivity index is 1.31. The van der Waals surface area contributed by atoms with E-state index in [2.05, 4.69) is 15.0 Å². The zero-order chi connectivity index (χ0) is 21.1. The molecule has 1 amide bonds. The average molecular weight is 404 g/mol. The van der Waals surface area contributed by atoms with E-state index in [1.54, 1.807) is 17.0 Å². The van der Waals surface area contributed by atoms with Gasteiger partial charge in [0.15, 0.2) is 0 Å². The van der Waals surface area contributed by atoms with Gasteiger partial charge in [0.1, 0.15) is 0 Å². The summed E-state index contributed by atoms with van der Waals surface area (Å²) in [5.74, 6) is 0.213. The number of aromatic nitrogens is 2. The lowest BCUT2D eigenvalue weighted by molar-refractivity contribution is -0.128. The highest BCUT2D eigenvalue weighted by atomic mass is 16.5. The highest BCUT2D eigenvalue weighted by molar-refractivity contribution is 6.42. The van der Waals surface area contributed by atoms with Gasteiger partial charge >= 0.3 is 0 Å². The van der Waals surface area contributed by atoms with Crippen LogP contribution in [0.2, 0.25) is 0 Å². The van der Waals surface area contributed by atoms with Crippen LogP contribution in [-0.2, 0) is 11.3 Å². The zero-order valence-electron chi connectivity index (χ0n) is 17.2. The van der Waals surface area contributed by atoms with E-state index in [1.165, 1.54) is 5.56 Å². The zero-order valence-corrected chi connectivity index (χ0v) is 17.2. The van der Waals surface area contributed by atoms with E-state index in [0.29, 0.717) is 50.0 Å². The molecule has 1 saturated heterocycles. The van der Waals surface area contributed by atoms with Gasteiger partial charge < -0.3 is 9.42 Å². The molecule has 0 radical (unpaired) electrons. The molecule has 2 aromatic carbocycles. The molecule has 0 bridgehead atoms. The summed E-state index contributed by atoms with van der Waals surface area (Å²) in [4.78, 5) is 33.2. The van der Waals surface area contributed by atoms with Gasteiger partial charge in [-0.05, 0) is 13.8 Å². The van der Waals surface area contributed by atoms with Gasteiger partial charge in [0.05, 0.1) is 6.54 Å². The quantitative estimate of drug-likeness (QED) is 0.481. The number of rotatable bonds is 5. The molecule has 1 aromatic heterocycles. The molecule has 0 aliphatic carbocycles. The normalized spacial score (nSPS) is 14.7. The van der Waals surface area contributed by atoms with E-state index in [9.17, 15) is 9.59 Å². The SMILES string of the molecule is Cc1ccc(C(=O)C(=O)N2CCN(Cc3nc(-c4ccc(C)cc4)no3)CC2)cc1. The first-order chi connectivity index (χ1) is 14.5. The highest BCUT2D eigenvalue weighted by Crippen LogP contribution is 2.17. The van der Waals surface area contributed by atoms with Crippen LogP contribution in [0.1, 0.15) is 27.4 Å². The fourth-order valence-corrected chi connectivity index (χ4v) is 3.41. The van der Waals surface area contributed by atoms with Crippen LogP contribution in [0.25, 0.3) is 11.4 Å². The Morgan fingerprint density at radius 1 is 0.900 bits per heavy atom. The van der Waals surface area contributed by atoms with E-state index in [0.717, 1.165) is 11.1 Å². The largest absolute Gasteiger partial charge is 0.338 e. The van der Waals surface area contributed by atoms with E-state index < -0.39 is 11.7 Å². The van der Waals surface area contributed by atoms with Crippen LogP contribution in [0.3, 0.4) is 0 Å². The van der Waals surface area contributed by atoms with Gasteiger partial charge in [0, 0.05) is 37.3 Å². The Morgan fingerprint density at radius 2 is 1.50 bits per heavy atom. The third-order valence-corrected chi connectivity index (χ3v) is 5.30. The van der Waals surface area contributed by atoms with Crippen molar-refractivity contribution in [1.29, 1.82) is 0 Å². The predicted molar refractivity (Wildman–Crippen MR) is 112 cm³/mol. The molecule has 0 N–H and O–H groups in total. The molecule has 0 saturated carbocycles. The Kier molecular flexibility index (Phi) is 5.72. The fourth-order valence-electron chi connectivity index (χ4n) is 3.41. The van der Waals surface area contributed by atoms with Crippen molar-refractivity contribution in [1.82, 2.24) is 19.9 Å². The summed E-state index contributed by atoms with van der Waals surface area (Å²) < 4.78 is 5.39. The standard InChI is InChI=1S/C23H24N4O3/c1-16-3-7-18(8-4-16)21(28)23(29)27-13-11-26(12-14-27)15-20-24-22(25-30-20)19-9-5-17(2)6-10-19/h3-10H,11-15H2,1-2H3. The number of aryl methyl sites for hydroxylation is 2. The predicted octanol–water partition coefficient (Wildman–Crippen LogP) is 2.88. The van der Waals surface area contributed by atoms with Gasteiger partial charge in [-0.3, -0.25) is 14.5 Å². The summed E-state index contributed by atoms with van der Waals surface area (Å²) >= 11 is 0. The van der Waals surface area contributed by atoms with Gasteiger partial charge in [-0.15, -0.1) is 0 Å². The Morgan fingerprint density at radius 3 is 2.13 bits per heavy atom. The van der Waals surface area contributed by atoms with Crippen molar-refractivity contribution >= 4 is 11.7 Å². The van der Waals surface area contributed by atoms with Crippen molar-refractivity contribution in [2.45, 2.75) is 20.4 Å².